The van der Waals surface area contributed by atoms with E-state index in [0.29, 0.717) is 4.34 Å². The molecule has 0 aliphatic carbocycles. The zero-order valence-electron chi connectivity index (χ0n) is 10.9. The van der Waals surface area contributed by atoms with Gasteiger partial charge in [-0.25, -0.2) is 4.31 Å². The van der Waals surface area contributed by atoms with Gasteiger partial charge >= 0.3 is 0 Å². The minimum absolute atomic E-state index is 0.0735. The van der Waals surface area contributed by atoms with Crippen molar-refractivity contribution in [2.45, 2.75) is 18.7 Å². The highest BCUT2D eigenvalue weighted by Gasteiger charge is 2.24. The van der Waals surface area contributed by atoms with Crippen LogP contribution in [-0.4, -0.2) is 41.3 Å². The van der Waals surface area contributed by atoms with Gasteiger partial charge in [-0.1, -0.05) is 37.0 Å². The molecule has 19 heavy (non-hydrogen) atoms. The fourth-order valence-electron chi connectivity index (χ4n) is 1.89. The standard InChI is InChI=1S/C12H16Cl2N2OS2/c1-8(2)12(17)15-3-5-16(6-4-15)19-9-7-10(13)18-11(9)14/h7-8H,3-6H2,1-2H3. The largest absolute Gasteiger partial charge is 0.340 e. The number of thiophene rings is 1. The van der Waals surface area contributed by atoms with E-state index in [4.69, 9.17) is 23.2 Å². The lowest BCUT2D eigenvalue weighted by molar-refractivity contribution is -0.135. The maximum atomic E-state index is 11.9. The summed E-state index contributed by atoms with van der Waals surface area (Å²) in [6.45, 7) is 7.14. The van der Waals surface area contributed by atoms with Crippen molar-refractivity contribution < 1.29 is 4.79 Å². The molecule has 7 heteroatoms. The van der Waals surface area contributed by atoms with E-state index in [1.54, 1.807) is 11.9 Å². The van der Waals surface area contributed by atoms with Crippen LogP contribution in [0.5, 0.6) is 0 Å². The molecule has 0 atom stereocenters. The third-order valence-corrected chi connectivity index (χ3v) is 5.77. The zero-order chi connectivity index (χ0) is 14.0. The van der Waals surface area contributed by atoms with Crippen molar-refractivity contribution in [2.24, 2.45) is 5.92 Å². The van der Waals surface area contributed by atoms with Gasteiger partial charge in [0.05, 0.1) is 9.23 Å². The van der Waals surface area contributed by atoms with E-state index >= 15 is 0 Å². The zero-order valence-corrected chi connectivity index (χ0v) is 14.0. The molecule has 0 aromatic carbocycles. The van der Waals surface area contributed by atoms with E-state index in [1.165, 1.54) is 11.3 Å². The van der Waals surface area contributed by atoms with Crippen LogP contribution in [0.3, 0.4) is 0 Å². The van der Waals surface area contributed by atoms with Crippen LogP contribution in [0.15, 0.2) is 11.0 Å². The number of halogens is 2. The Morgan fingerprint density at radius 1 is 1.32 bits per heavy atom. The average molecular weight is 339 g/mol. The van der Waals surface area contributed by atoms with Gasteiger partial charge in [-0.15, -0.1) is 11.3 Å². The van der Waals surface area contributed by atoms with E-state index in [9.17, 15) is 4.79 Å². The molecule has 0 radical (unpaired) electrons. The molecule has 0 bridgehead atoms. The summed E-state index contributed by atoms with van der Waals surface area (Å²) in [6.07, 6.45) is 0. The van der Waals surface area contributed by atoms with Crippen LogP contribution in [0, 0.1) is 5.92 Å². The van der Waals surface area contributed by atoms with Gasteiger partial charge in [0.25, 0.3) is 0 Å². The first-order valence-corrected chi connectivity index (χ1v) is 8.48. The number of amides is 1. The molecule has 1 aromatic heterocycles. The van der Waals surface area contributed by atoms with Gasteiger partial charge < -0.3 is 4.90 Å². The molecule has 1 aliphatic heterocycles. The quantitative estimate of drug-likeness (QED) is 0.781. The highest BCUT2D eigenvalue weighted by atomic mass is 35.5. The third kappa shape index (κ3) is 4.02. The summed E-state index contributed by atoms with van der Waals surface area (Å²) >= 11 is 15.0. The van der Waals surface area contributed by atoms with Crippen molar-refractivity contribution in [1.29, 1.82) is 0 Å². The molecule has 0 saturated carbocycles. The fraction of sp³-hybridized carbons (Fsp3) is 0.583. The number of nitrogens with zero attached hydrogens (tertiary/aromatic N) is 2. The lowest BCUT2D eigenvalue weighted by atomic mass is 10.2. The molecular formula is C12H16Cl2N2OS2. The Morgan fingerprint density at radius 2 is 1.95 bits per heavy atom. The number of rotatable bonds is 3. The number of piperazine rings is 1. The monoisotopic (exact) mass is 338 g/mol. The maximum Gasteiger partial charge on any atom is 0.225 e. The van der Waals surface area contributed by atoms with E-state index in [-0.39, 0.29) is 11.8 Å². The van der Waals surface area contributed by atoms with E-state index in [0.717, 1.165) is 35.4 Å². The summed E-state index contributed by atoms with van der Waals surface area (Å²) in [5, 5.41) is 0. The van der Waals surface area contributed by atoms with Crippen molar-refractivity contribution in [3.8, 4) is 0 Å². The molecular weight excluding hydrogens is 323 g/mol. The molecule has 0 N–H and O–H groups in total. The Balaban J connectivity index is 1.87. The van der Waals surface area contributed by atoms with E-state index < -0.39 is 0 Å². The SMILES string of the molecule is CC(C)C(=O)N1CCN(Sc2cc(Cl)sc2Cl)CC1. The molecule has 0 unspecified atom stereocenters. The van der Waals surface area contributed by atoms with Gasteiger partial charge in [0.15, 0.2) is 0 Å². The highest BCUT2D eigenvalue weighted by Crippen LogP contribution is 2.39. The molecule has 1 saturated heterocycles. The van der Waals surface area contributed by atoms with Gasteiger partial charge in [-0.2, -0.15) is 0 Å². The topological polar surface area (TPSA) is 23.6 Å². The van der Waals surface area contributed by atoms with Gasteiger partial charge in [0.1, 0.15) is 4.34 Å². The van der Waals surface area contributed by atoms with Gasteiger partial charge in [-0.05, 0) is 18.0 Å². The molecule has 106 valence electrons. The molecule has 1 amide bonds. The predicted molar refractivity (Wildman–Crippen MR) is 83.2 cm³/mol. The summed E-state index contributed by atoms with van der Waals surface area (Å²) in [4.78, 5) is 14.8. The first-order valence-electron chi connectivity index (χ1n) is 6.14. The van der Waals surface area contributed by atoms with Crippen molar-refractivity contribution in [1.82, 2.24) is 9.21 Å². The highest BCUT2D eigenvalue weighted by molar-refractivity contribution is 7.97. The maximum absolute atomic E-state index is 11.9. The first-order chi connectivity index (χ1) is 8.97. The summed E-state index contributed by atoms with van der Waals surface area (Å²) < 4.78 is 3.67. The molecule has 1 fully saturated rings. The van der Waals surface area contributed by atoms with Crippen LogP contribution in [-0.2, 0) is 4.79 Å². The van der Waals surface area contributed by atoms with Crippen molar-refractivity contribution in [2.75, 3.05) is 26.2 Å². The fourth-order valence-corrected chi connectivity index (χ4v) is 4.51. The lowest BCUT2D eigenvalue weighted by Gasteiger charge is -2.34. The van der Waals surface area contributed by atoms with Crippen LogP contribution in [0.2, 0.25) is 8.67 Å². The Hall–Kier alpha value is 0.0600. The summed E-state index contributed by atoms with van der Waals surface area (Å²) in [5.74, 6) is 0.311. The second-order valence-corrected chi connectivity index (χ2v) is 8.11. The van der Waals surface area contributed by atoms with Gasteiger partial charge in [0, 0.05) is 32.1 Å². The molecule has 1 aromatic rings. The van der Waals surface area contributed by atoms with Crippen LogP contribution in [0.25, 0.3) is 0 Å². The van der Waals surface area contributed by atoms with Crippen LogP contribution in [0.4, 0.5) is 0 Å². The smallest absolute Gasteiger partial charge is 0.225 e. The van der Waals surface area contributed by atoms with Crippen LogP contribution < -0.4 is 0 Å². The second-order valence-electron chi connectivity index (χ2n) is 4.69. The predicted octanol–water partition coefficient (Wildman–Crippen LogP) is 3.86. The normalized spacial score (nSPS) is 17.2. The minimum Gasteiger partial charge on any atom is -0.340 e. The van der Waals surface area contributed by atoms with Crippen molar-refractivity contribution in [3.63, 3.8) is 0 Å². The number of carbonyl (C=O) groups is 1. The van der Waals surface area contributed by atoms with Crippen LogP contribution in [0.1, 0.15) is 13.8 Å². The van der Waals surface area contributed by atoms with Crippen molar-refractivity contribution >= 4 is 52.4 Å². The van der Waals surface area contributed by atoms with E-state index in [1.807, 2.05) is 24.8 Å². The molecule has 0 spiro atoms. The third-order valence-electron chi connectivity index (χ3n) is 2.90. The number of hydrogen-bond acceptors (Lipinski definition) is 4. The minimum atomic E-state index is 0.0735. The average Bonchev–Trinajstić information content (AvgIpc) is 2.68. The van der Waals surface area contributed by atoms with Gasteiger partial charge in [0.2, 0.25) is 5.91 Å². The number of hydrogen-bond donors (Lipinski definition) is 0. The molecule has 2 heterocycles. The Morgan fingerprint density at radius 3 is 2.42 bits per heavy atom. The Labute approximate surface area is 132 Å². The molecule has 2 rings (SSSR count). The molecule has 1 aliphatic rings. The summed E-state index contributed by atoms with van der Waals surface area (Å²) in [5.41, 5.74) is 0. The second kappa shape index (κ2) is 6.68. The van der Waals surface area contributed by atoms with Crippen LogP contribution >= 0.6 is 46.5 Å². The van der Waals surface area contributed by atoms with Gasteiger partial charge in [-0.3, -0.25) is 4.79 Å². The number of carbonyl (C=O) groups excluding carboxylic acids is 1. The Kier molecular flexibility index (Phi) is 5.43. The molecule has 3 nitrogen and oxygen atoms in total. The van der Waals surface area contributed by atoms with E-state index in [2.05, 4.69) is 4.31 Å². The lowest BCUT2D eigenvalue weighted by Crippen LogP contribution is -2.47. The summed E-state index contributed by atoms with van der Waals surface area (Å²) in [7, 11) is 0. The van der Waals surface area contributed by atoms with Crippen molar-refractivity contribution in [3.05, 3.63) is 14.7 Å². The summed E-state index contributed by atoms with van der Waals surface area (Å²) in [6, 6.07) is 1.89. The first kappa shape index (κ1) is 15.4. The Bertz CT molecular complexity index is 457.